The van der Waals surface area contributed by atoms with Crippen LogP contribution in [0.3, 0.4) is 0 Å². The summed E-state index contributed by atoms with van der Waals surface area (Å²) in [5.41, 5.74) is 1.06. The fraction of sp³-hybridized carbons (Fsp3) is 0.107. The number of benzene rings is 3. The number of rotatable bonds is 2. The van der Waals surface area contributed by atoms with Crippen LogP contribution in [0, 0.1) is 0 Å². The van der Waals surface area contributed by atoms with E-state index >= 15 is 0 Å². The Morgan fingerprint density at radius 2 is 1.26 bits per heavy atom. The van der Waals surface area contributed by atoms with Gasteiger partial charge in [0.2, 0.25) is 0 Å². The van der Waals surface area contributed by atoms with E-state index in [0.717, 1.165) is 0 Å². The predicted octanol–water partition coefficient (Wildman–Crippen LogP) is 3.30. The van der Waals surface area contributed by atoms with Crippen LogP contribution in [0.5, 0.6) is 23.0 Å². The molecule has 0 aromatic heterocycles. The Kier molecular flexibility index (Phi) is 6.00. The van der Waals surface area contributed by atoms with Crippen molar-refractivity contribution in [3.05, 3.63) is 95.1 Å². The first kappa shape index (κ1) is 24.4. The minimum Gasteiger partial charge on any atom is -0.456 e. The third-order valence-electron chi connectivity index (χ3n) is 5.81. The molecule has 0 unspecified atom stereocenters. The highest BCUT2D eigenvalue weighted by atomic mass is 16.6. The number of imide groups is 1. The lowest BCUT2D eigenvalue weighted by Crippen LogP contribution is -2.33. The van der Waals surface area contributed by atoms with Gasteiger partial charge >= 0.3 is 17.9 Å². The van der Waals surface area contributed by atoms with Crippen molar-refractivity contribution in [1.82, 2.24) is 5.32 Å². The molecule has 3 aliphatic heterocycles. The van der Waals surface area contributed by atoms with Crippen molar-refractivity contribution in [2.75, 3.05) is 0 Å². The van der Waals surface area contributed by atoms with Gasteiger partial charge in [-0.15, -0.1) is 0 Å². The summed E-state index contributed by atoms with van der Waals surface area (Å²) in [6.45, 7) is 2.61. The van der Waals surface area contributed by atoms with Crippen LogP contribution < -0.4 is 19.5 Å². The van der Waals surface area contributed by atoms with Crippen LogP contribution >= 0.6 is 0 Å². The Morgan fingerprint density at radius 1 is 0.737 bits per heavy atom. The molecule has 6 rings (SSSR count). The van der Waals surface area contributed by atoms with Gasteiger partial charge in [0.05, 0.1) is 5.56 Å². The van der Waals surface area contributed by atoms with E-state index in [4.69, 9.17) is 18.9 Å². The molecule has 38 heavy (non-hydrogen) atoms. The largest absolute Gasteiger partial charge is 0.456 e. The molecule has 0 saturated carbocycles. The van der Waals surface area contributed by atoms with E-state index in [2.05, 4.69) is 0 Å². The van der Waals surface area contributed by atoms with Crippen LogP contribution in [0.15, 0.2) is 72.8 Å². The number of hydrogen-bond acceptors (Lipinski definition) is 9. The molecule has 10 heteroatoms. The zero-order valence-electron chi connectivity index (χ0n) is 20.1. The minimum atomic E-state index is -1.25. The van der Waals surface area contributed by atoms with Crippen LogP contribution in [0.4, 0.5) is 0 Å². The fourth-order valence-corrected chi connectivity index (χ4v) is 4.45. The summed E-state index contributed by atoms with van der Waals surface area (Å²) in [5.74, 6) is -0.762. The van der Waals surface area contributed by atoms with Crippen LogP contribution in [0.2, 0.25) is 0 Å². The smallest absolute Gasteiger partial charge is 0.340 e. The summed E-state index contributed by atoms with van der Waals surface area (Å²) in [6.07, 6.45) is 2.39. The van der Waals surface area contributed by atoms with Gasteiger partial charge in [0, 0.05) is 54.8 Å². The van der Waals surface area contributed by atoms with Gasteiger partial charge in [0.1, 0.15) is 23.0 Å². The molecule has 3 aromatic rings. The Morgan fingerprint density at radius 3 is 1.74 bits per heavy atom. The van der Waals surface area contributed by atoms with Gasteiger partial charge in [-0.3, -0.25) is 24.5 Å². The van der Waals surface area contributed by atoms with Crippen LogP contribution in [0.1, 0.15) is 40.9 Å². The van der Waals surface area contributed by atoms with Gasteiger partial charge in [-0.2, -0.15) is 0 Å². The number of nitrogens with one attached hydrogen (secondary N) is 1. The van der Waals surface area contributed by atoms with Crippen molar-refractivity contribution in [3.8, 4) is 23.0 Å². The first-order chi connectivity index (χ1) is 18.2. The van der Waals surface area contributed by atoms with Gasteiger partial charge in [-0.1, -0.05) is 18.2 Å². The molecule has 1 N–H and O–H groups in total. The molecule has 0 radical (unpaired) electrons. The second-order valence-electron chi connectivity index (χ2n) is 8.41. The maximum absolute atomic E-state index is 12.8. The standard InChI is InChI=1S/C24H16O7.C4H3NO2/c1-13(25)28-15-7-9-19-21(11-15)30-22-12-16(29-14(2)26)8-10-20(22)24(19)18-6-4-3-5-17(18)23(27)31-24;6-3-1-2-4(7)5-3/h3-12H,1-2H3;1-2H,(H,5,6,7). The maximum atomic E-state index is 12.8. The highest BCUT2D eigenvalue weighted by Gasteiger charge is 2.53. The van der Waals surface area contributed by atoms with E-state index in [9.17, 15) is 24.0 Å². The topological polar surface area (TPSA) is 134 Å². The Balaban J connectivity index is 0.000000366. The Labute approximate surface area is 215 Å². The molecular weight excluding hydrogens is 494 g/mol. The molecule has 3 heterocycles. The van der Waals surface area contributed by atoms with Gasteiger partial charge in [-0.25, -0.2) is 4.79 Å². The monoisotopic (exact) mass is 513 g/mol. The first-order valence-electron chi connectivity index (χ1n) is 11.4. The molecule has 0 saturated heterocycles. The number of esters is 3. The molecule has 0 fully saturated rings. The van der Waals surface area contributed by atoms with Crippen LogP contribution in [-0.2, 0) is 29.5 Å². The Hall–Kier alpha value is -5.25. The lowest BCUT2D eigenvalue weighted by Gasteiger charge is -2.36. The first-order valence-corrected chi connectivity index (χ1v) is 11.4. The number of carbonyl (C=O) groups is 5. The quantitative estimate of drug-likeness (QED) is 0.311. The third kappa shape index (κ3) is 4.28. The van der Waals surface area contributed by atoms with E-state index < -0.39 is 23.5 Å². The van der Waals surface area contributed by atoms with Crippen molar-refractivity contribution >= 4 is 29.7 Å². The summed E-state index contributed by atoms with van der Waals surface area (Å²) >= 11 is 0. The van der Waals surface area contributed by atoms with Crippen molar-refractivity contribution in [2.45, 2.75) is 19.4 Å². The average molecular weight is 513 g/mol. The molecule has 0 atom stereocenters. The molecule has 190 valence electrons. The molecular formula is C28H19NO9. The lowest BCUT2D eigenvalue weighted by molar-refractivity contribution is -0.132. The Bertz CT molecular complexity index is 1490. The summed E-state index contributed by atoms with van der Waals surface area (Å²) in [6, 6.07) is 16.9. The highest BCUT2D eigenvalue weighted by Crippen LogP contribution is 2.57. The highest BCUT2D eigenvalue weighted by molar-refractivity contribution is 6.12. The number of carbonyl (C=O) groups excluding carboxylic acids is 5. The summed E-state index contributed by atoms with van der Waals surface area (Å²) in [7, 11) is 0. The average Bonchev–Trinajstić information content (AvgIpc) is 3.38. The predicted molar refractivity (Wildman–Crippen MR) is 130 cm³/mol. The second kappa shape index (κ2) is 9.32. The summed E-state index contributed by atoms with van der Waals surface area (Å²) in [4.78, 5) is 55.7. The second-order valence-corrected chi connectivity index (χ2v) is 8.41. The van der Waals surface area contributed by atoms with Crippen molar-refractivity contribution < 1.29 is 42.9 Å². The molecule has 2 amide bonds. The van der Waals surface area contributed by atoms with E-state index in [-0.39, 0.29) is 11.8 Å². The SMILES string of the molecule is CC(=O)Oc1ccc2c(c1)Oc1cc(OC(C)=O)ccc1C21OC(=O)c2ccccc21.O=C1C=CC(=O)N1. The van der Waals surface area contributed by atoms with Crippen molar-refractivity contribution in [3.63, 3.8) is 0 Å². The van der Waals surface area contributed by atoms with E-state index in [0.29, 0.717) is 45.3 Å². The zero-order valence-corrected chi connectivity index (χ0v) is 20.1. The molecule has 3 aromatic carbocycles. The summed E-state index contributed by atoms with van der Waals surface area (Å²) in [5, 5.41) is 2.03. The van der Waals surface area contributed by atoms with E-state index in [1.54, 1.807) is 48.5 Å². The van der Waals surface area contributed by atoms with Gasteiger partial charge in [0.15, 0.2) is 5.60 Å². The van der Waals surface area contributed by atoms with E-state index in [1.807, 2.05) is 17.4 Å². The molecule has 3 aliphatic rings. The van der Waals surface area contributed by atoms with Crippen molar-refractivity contribution in [1.29, 1.82) is 0 Å². The molecule has 1 spiro atoms. The number of fused-ring (bicyclic) bond motifs is 6. The van der Waals surface area contributed by atoms with Gasteiger partial charge < -0.3 is 18.9 Å². The van der Waals surface area contributed by atoms with Crippen molar-refractivity contribution in [2.24, 2.45) is 0 Å². The fourth-order valence-electron chi connectivity index (χ4n) is 4.45. The maximum Gasteiger partial charge on any atom is 0.340 e. The number of hydrogen-bond donors (Lipinski definition) is 1. The third-order valence-corrected chi connectivity index (χ3v) is 5.81. The molecule has 10 nitrogen and oxygen atoms in total. The van der Waals surface area contributed by atoms with Crippen LogP contribution in [0.25, 0.3) is 0 Å². The van der Waals surface area contributed by atoms with Gasteiger partial charge in [-0.05, 0) is 30.3 Å². The van der Waals surface area contributed by atoms with E-state index in [1.165, 1.54) is 26.0 Å². The number of amides is 2. The number of ether oxygens (including phenoxy) is 4. The normalized spacial score (nSPS) is 15.2. The molecule has 0 aliphatic carbocycles. The van der Waals surface area contributed by atoms with Crippen LogP contribution in [-0.4, -0.2) is 29.7 Å². The lowest BCUT2D eigenvalue weighted by atomic mass is 9.77. The summed E-state index contributed by atoms with van der Waals surface area (Å²) < 4.78 is 22.5. The molecule has 0 bridgehead atoms. The zero-order chi connectivity index (χ0) is 27.0. The van der Waals surface area contributed by atoms with Gasteiger partial charge in [0.25, 0.3) is 11.8 Å². The minimum absolute atomic E-state index is 0.290.